The molecule has 0 aromatic heterocycles. The van der Waals surface area contributed by atoms with Gasteiger partial charge in [-0.2, -0.15) is 0 Å². The highest BCUT2D eigenvalue weighted by Gasteiger charge is 2.11. The van der Waals surface area contributed by atoms with Crippen molar-refractivity contribution in [3.05, 3.63) is 58.1 Å². The first-order valence-corrected chi connectivity index (χ1v) is 7.31. The topological polar surface area (TPSA) is 41.1 Å². The van der Waals surface area contributed by atoms with Crippen LogP contribution in [0.15, 0.2) is 46.9 Å². The number of halogens is 1. The van der Waals surface area contributed by atoms with Crippen LogP contribution in [0.2, 0.25) is 0 Å². The van der Waals surface area contributed by atoms with E-state index in [0.29, 0.717) is 5.56 Å². The molecule has 0 saturated carbocycles. The van der Waals surface area contributed by atoms with Crippen molar-refractivity contribution in [2.75, 3.05) is 17.2 Å². The molecular formula is C16H17BrN2O. The van der Waals surface area contributed by atoms with E-state index in [0.717, 1.165) is 28.0 Å². The molecule has 0 spiro atoms. The van der Waals surface area contributed by atoms with Gasteiger partial charge in [-0.25, -0.2) is 0 Å². The van der Waals surface area contributed by atoms with E-state index in [9.17, 15) is 4.79 Å². The Morgan fingerprint density at radius 1 is 1.20 bits per heavy atom. The number of benzene rings is 2. The van der Waals surface area contributed by atoms with Crippen LogP contribution in [0.25, 0.3) is 0 Å². The molecule has 0 saturated heterocycles. The second-order valence-electron chi connectivity index (χ2n) is 4.49. The van der Waals surface area contributed by atoms with Gasteiger partial charge < -0.3 is 10.6 Å². The van der Waals surface area contributed by atoms with Gasteiger partial charge in [-0.15, -0.1) is 0 Å². The zero-order chi connectivity index (χ0) is 14.5. The highest BCUT2D eigenvalue weighted by molar-refractivity contribution is 9.10. The molecule has 0 atom stereocenters. The van der Waals surface area contributed by atoms with Crippen molar-refractivity contribution in [2.45, 2.75) is 13.8 Å². The lowest BCUT2D eigenvalue weighted by Gasteiger charge is -2.11. The summed E-state index contributed by atoms with van der Waals surface area (Å²) in [4.78, 5) is 12.3. The third-order valence-corrected chi connectivity index (χ3v) is 3.82. The number of amides is 1. The van der Waals surface area contributed by atoms with Crippen molar-refractivity contribution in [2.24, 2.45) is 0 Å². The summed E-state index contributed by atoms with van der Waals surface area (Å²) in [6.07, 6.45) is 0. The molecule has 4 heteroatoms. The number of hydrogen-bond donors (Lipinski definition) is 2. The molecule has 0 unspecified atom stereocenters. The maximum absolute atomic E-state index is 12.3. The Morgan fingerprint density at radius 2 is 1.95 bits per heavy atom. The second kappa shape index (κ2) is 6.57. The van der Waals surface area contributed by atoms with Crippen LogP contribution in [0.3, 0.4) is 0 Å². The lowest BCUT2D eigenvalue weighted by atomic mass is 10.1. The number of rotatable bonds is 4. The minimum Gasteiger partial charge on any atom is -0.385 e. The normalized spacial score (nSPS) is 10.2. The lowest BCUT2D eigenvalue weighted by molar-refractivity contribution is 0.102. The Balaban J connectivity index is 2.21. The van der Waals surface area contributed by atoms with Crippen molar-refractivity contribution in [3.8, 4) is 0 Å². The van der Waals surface area contributed by atoms with Gasteiger partial charge in [0, 0.05) is 22.4 Å². The van der Waals surface area contributed by atoms with Gasteiger partial charge >= 0.3 is 0 Å². The third kappa shape index (κ3) is 3.39. The summed E-state index contributed by atoms with van der Waals surface area (Å²) in [5.41, 5.74) is 3.40. The van der Waals surface area contributed by atoms with Crippen LogP contribution < -0.4 is 10.6 Å². The predicted octanol–water partition coefficient (Wildman–Crippen LogP) is 4.44. The van der Waals surface area contributed by atoms with Gasteiger partial charge in [0.15, 0.2) is 0 Å². The van der Waals surface area contributed by atoms with Gasteiger partial charge in [0.2, 0.25) is 0 Å². The highest BCUT2D eigenvalue weighted by Crippen LogP contribution is 2.22. The summed E-state index contributed by atoms with van der Waals surface area (Å²) in [5, 5.41) is 6.11. The van der Waals surface area contributed by atoms with Gasteiger partial charge in [0.25, 0.3) is 5.91 Å². The Kier molecular flexibility index (Phi) is 4.79. The van der Waals surface area contributed by atoms with E-state index in [1.165, 1.54) is 0 Å². The van der Waals surface area contributed by atoms with Gasteiger partial charge in [-0.3, -0.25) is 4.79 Å². The molecule has 2 aromatic carbocycles. The van der Waals surface area contributed by atoms with E-state index in [2.05, 4.69) is 26.6 Å². The van der Waals surface area contributed by atoms with Crippen LogP contribution in [-0.4, -0.2) is 12.5 Å². The van der Waals surface area contributed by atoms with Crippen LogP contribution in [0, 0.1) is 6.92 Å². The zero-order valence-corrected chi connectivity index (χ0v) is 13.1. The van der Waals surface area contributed by atoms with E-state index in [4.69, 9.17) is 0 Å². The minimum atomic E-state index is -0.114. The molecule has 0 bridgehead atoms. The summed E-state index contributed by atoms with van der Waals surface area (Å²) in [5.74, 6) is -0.114. The molecule has 2 N–H and O–H groups in total. The number of carbonyl (C=O) groups is 1. The molecule has 2 rings (SSSR count). The van der Waals surface area contributed by atoms with Crippen molar-refractivity contribution < 1.29 is 4.79 Å². The number of aryl methyl sites for hydroxylation is 1. The van der Waals surface area contributed by atoms with E-state index in [1.54, 1.807) is 0 Å². The van der Waals surface area contributed by atoms with E-state index < -0.39 is 0 Å². The Hall–Kier alpha value is -1.81. The predicted molar refractivity (Wildman–Crippen MR) is 87.4 cm³/mol. The fraction of sp³-hybridized carbons (Fsp3) is 0.188. The van der Waals surface area contributed by atoms with Gasteiger partial charge in [0.05, 0.1) is 5.56 Å². The summed E-state index contributed by atoms with van der Waals surface area (Å²) in [6.45, 7) is 4.79. The fourth-order valence-electron chi connectivity index (χ4n) is 1.89. The van der Waals surface area contributed by atoms with Crippen molar-refractivity contribution in [1.82, 2.24) is 0 Å². The van der Waals surface area contributed by atoms with Crippen LogP contribution >= 0.6 is 15.9 Å². The van der Waals surface area contributed by atoms with E-state index in [-0.39, 0.29) is 5.91 Å². The van der Waals surface area contributed by atoms with Crippen molar-refractivity contribution in [3.63, 3.8) is 0 Å². The summed E-state index contributed by atoms with van der Waals surface area (Å²) in [6, 6.07) is 13.3. The molecule has 0 fully saturated rings. The molecule has 0 radical (unpaired) electrons. The van der Waals surface area contributed by atoms with Crippen LogP contribution in [0.1, 0.15) is 22.8 Å². The first kappa shape index (κ1) is 14.6. The first-order chi connectivity index (χ1) is 9.61. The molecule has 0 aliphatic rings. The second-order valence-corrected chi connectivity index (χ2v) is 5.35. The SMILES string of the molecule is CCNc1ccccc1C(=O)Nc1ccc(C)c(Br)c1. The van der Waals surface area contributed by atoms with Crippen LogP contribution in [-0.2, 0) is 0 Å². The van der Waals surface area contributed by atoms with Gasteiger partial charge in [-0.1, -0.05) is 34.1 Å². The maximum atomic E-state index is 12.3. The molecule has 1 amide bonds. The quantitative estimate of drug-likeness (QED) is 0.868. The molecule has 3 nitrogen and oxygen atoms in total. The monoisotopic (exact) mass is 332 g/mol. The first-order valence-electron chi connectivity index (χ1n) is 6.52. The summed E-state index contributed by atoms with van der Waals surface area (Å²) >= 11 is 3.47. The number of nitrogens with one attached hydrogen (secondary N) is 2. The summed E-state index contributed by atoms with van der Waals surface area (Å²) < 4.78 is 0.982. The van der Waals surface area contributed by atoms with Gasteiger partial charge in [-0.05, 0) is 43.7 Å². The number of anilines is 2. The molecule has 0 aliphatic heterocycles. The number of para-hydroxylation sites is 1. The fourth-order valence-corrected chi connectivity index (χ4v) is 2.27. The minimum absolute atomic E-state index is 0.114. The molecule has 2 aromatic rings. The Morgan fingerprint density at radius 3 is 2.65 bits per heavy atom. The van der Waals surface area contributed by atoms with E-state index in [1.807, 2.05) is 56.3 Å². The molecular weight excluding hydrogens is 316 g/mol. The average molecular weight is 333 g/mol. The maximum Gasteiger partial charge on any atom is 0.257 e. The lowest BCUT2D eigenvalue weighted by Crippen LogP contribution is -2.14. The highest BCUT2D eigenvalue weighted by atomic mass is 79.9. The van der Waals surface area contributed by atoms with E-state index >= 15 is 0 Å². The molecule has 20 heavy (non-hydrogen) atoms. The standard InChI is InChI=1S/C16H17BrN2O/c1-3-18-15-7-5-4-6-13(15)16(20)19-12-9-8-11(2)14(17)10-12/h4-10,18H,3H2,1-2H3,(H,19,20). The molecule has 104 valence electrons. The smallest absolute Gasteiger partial charge is 0.257 e. The van der Waals surface area contributed by atoms with Crippen molar-refractivity contribution >= 4 is 33.2 Å². The molecule has 0 aliphatic carbocycles. The number of carbonyl (C=O) groups excluding carboxylic acids is 1. The summed E-state index contributed by atoms with van der Waals surface area (Å²) in [7, 11) is 0. The van der Waals surface area contributed by atoms with Crippen LogP contribution in [0.4, 0.5) is 11.4 Å². The Bertz CT molecular complexity index is 626. The largest absolute Gasteiger partial charge is 0.385 e. The van der Waals surface area contributed by atoms with Crippen molar-refractivity contribution in [1.29, 1.82) is 0 Å². The zero-order valence-electron chi connectivity index (χ0n) is 11.5. The number of hydrogen-bond acceptors (Lipinski definition) is 2. The third-order valence-electron chi connectivity index (χ3n) is 2.97. The Labute approximate surface area is 127 Å². The average Bonchev–Trinajstić information content (AvgIpc) is 2.44. The molecule has 0 heterocycles. The van der Waals surface area contributed by atoms with Crippen LogP contribution in [0.5, 0.6) is 0 Å². The van der Waals surface area contributed by atoms with Gasteiger partial charge in [0.1, 0.15) is 0 Å².